The molecule has 2 rings (SSSR count). The molecule has 2 aromatic rings. The second-order valence-corrected chi connectivity index (χ2v) is 5.63. The summed E-state index contributed by atoms with van der Waals surface area (Å²) in [4.78, 5) is 0.110. The Labute approximate surface area is 100 Å². The quantitative estimate of drug-likeness (QED) is 0.654. The number of halogens is 4. The van der Waals surface area contributed by atoms with Crippen LogP contribution in [0.15, 0.2) is 27.1 Å². The monoisotopic (exact) mass is 340 g/mol. The van der Waals surface area contributed by atoms with Crippen LogP contribution in [0.3, 0.4) is 0 Å². The second-order valence-electron chi connectivity index (χ2n) is 2.75. The topological polar surface area (TPSA) is 0 Å². The number of thiophene rings is 1. The lowest BCUT2D eigenvalue weighted by atomic mass is 10.2. The summed E-state index contributed by atoms with van der Waals surface area (Å²) in [6.07, 6.45) is -2.39. The zero-order chi connectivity index (χ0) is 10.3. The predicted octanol–water partition coefficient (Wildman–Crippen LogP) is 5.36. The van der Waals surface area contributed by atoms with E-state index in [1.165, 1.54) is 6.07 Å². The maximum atomic E-state index is 12.4. The van der Waals surface area contributed by atoms with E-state index < -0.39 is 6.43 Å². The molecule has 0 aliphatic rings. The molecule has 0 saturated carbocycles. The third-order valence-electron chi connectivity index (χ3n) is 1.79. The molecule has 74 valence electrons. The van der Waals surface area contributed by atoms with Crippen LogP contribution in [0, 0.1) is 0 Å². The summed E-state index contributed by atoms with van der Waals surface area (Å²) in [5.74, 6) is 0. The molecule has 0 bridgehead atoms. The summed E-state index contributed by atoms with van der Waals surface area (Å²) in [7, 11) is 0. The van der Waals surface area contributed by atoms with Crippen molar-refractivity contribution in [1.82, 2.24) is 0 Å². The molecule has 1 aromatic heterocycles. The Morgan fingerprint density at radius 2 is 1.86 bits per heavy atom. The molecule has 0 N–H and O–H groups in total. The van der Waals surface area contributed by atoms with E-state index in [1.807, 2.05) is 12.1 Å². The van der Waals surface area contributed by atoms with Gasteiger partial charge in [0.2, 0.25) is 0 Å². The molecular formula is C9H4Br2F2S. The van der Waals surface area contributed by atoms with Crippen LogP contribution in [0.5, 0.6) is 0 Å². The lowest BCUT2D eigenvalue weighted by Gasteiger charge is -1.94. The minimum atomic E-state index is -2.39. The van der Waals surface area contributed by atoms with Crippen molar-refractivity contribution in [2.75, 3.05) is 0 Å². The minimum Gasteiger partial charge on any atom is -0.204 e. The number of hydrogen-bond acceptors (Lipinski definition) is 1. The van der Waals surface area contributed by atoms with Crippen LogP contribution in [-0.2, 0) is 0 Å². The maximum Gasteiger partial charge on any atom is 0.272 e. The van der Waals surface area contributed by atoms with Crippen LogP contribution in [0.4, 0.5) is 8.78 Å². The van der Waals surface area contributed by atoms with Gasteiger partial charge in [-0.1, -0.05) is 31.9 Å². The van der Waals surface area contributed by atoms with Crippen LogP contribution in [0.25, 0.3) is 10.1 Å². The lowest BCUT2D eigenvalue weighted by Crippen LogP contribution is -1.72. The Kier molecular flexibility index (Phi) is 2.91. The van der Waals surface area contributed by atoms with Crippen LogP contribution in [-0.4, -0.2) is 0 Å². The zero-order valence-electron chi connectivity index (χ0n) is 6.73. The van der Waals surface area contributed by atoms with Crippen LogP contribution >= 0.6 is 43.2 Å². The summed E-state index contributed by atoms with van der Waals surface area (Å²) < 4.78 is 27.4. The number of rotatable bonds is 1. The highest BCUT2D eigenvalue weighted by Crippen LogP contribution is 2.37. The average molecular weight is 342 g/mol. The van der Waals surface area contributed by atoms with Crippen molar-refractivity contribution in [1.29, 1.82) is 0 Å². The van der Waals surface area contributed by atoms with Gasteiger partial charge in [-0.15, -0.1) is 11.3 Å². The summed E-state index contributed by atoms with van der Waals surface area (Å²) >= 11 is 7.78. The molecule has 5 heteroatoms. The fraction of sp³-hybridized carbons (Fsp3) is 0.111. The van der Waals surface area contributed by atoms with Gasteiger partial charge in [0.25, 0.3) is 6.43 Å². The SMILES string of the molecule is FC(F)c1cc2c(Br)cc(Br)cc2s1. The first-order valence-electron chi connectivity index (χ1n) is 3.74. The minimum absolute atomic E-state index is 0.110. The van der Waals surface area contributed by atoms with E-state index in [0.29, 0.717) is 0 Å². The summed E-state index contributed by atoms with van der Waals surface area (Å²) in [5.41, 5.74) is 0. The normalized spacial score (nSPS) is 11.5. The summed E-state index contributed by atoms with van der Waals surface area (Å²) in [5, 5.41) is 0.841. The van der Waals surface area contributed by atoms with Gasteiger partial charge in [-0.2, -0.15) is 0 Å². The van der Waals surface area contributed by atoms with Gasteiger partial charge in [-0.3, -0.25) is 0 Å². The van der Waals surface area contributed by atoms with Crippen molar-refractivity contribution in [3.05, 3.63) is 32.0 Å². The zero-order valence-corrected chi connectivity index (χ0v) is 10.7. The molecule has 0 aliphatic heterocycles. The van der Waals surface area contributed by atoms with E-state index in [-0.39, 0.29) is 4.88 Å². The Hall–Kier alpha value is -0.0000000000000000833. The molecule has 0 aliphatic carbocycles. The van der Waals surface area contributed by atoms with E-state index in [1.54, 1.807) is 0 Å². The highest BCUT2D eigenvalue weighted by molar-refractivity contribution is 9.11. The third-order valence-corrected chi connectivity index (χ3v) is 3.99. The molecule has 1 aromatic carbocycles. The van der Waals surface area contributed by atoms with E-state index in [9.17, 15) is 8.78 Å². The Morgan fingerprint density at radius 1 is 1.14 bits per heavy atom. The highest BCUT2D eigenvalue weighted by atomic mass is 79.9. The molecule has 0 atom stereocenters. The molecule has 1 heterocycles. The third kappa shape index (κ3) is 1.85. The molecule has 0 nitrogen and oxygen atoms in total. The standard InChI is InChI=1S/C9H4Br2F2S/c10-4-1-6(11)5-3-8(9(12)13)14-7(5)2-4/h1-3,9H. The molecule has 0 radical (unpaired) electrons. The lowest BCUT2D eigenvalue weighted by molar-refractivity contribution is 0.156. The van der Waals surface area contributed by atoms with Crippen molar-refractivity contribution in [2.45, 2.75) is 6.43 Å². The molecule has 0 saturated heterocycles. The Bertz CT molecular complexity index is 479. The van der Waals surface area contributed by atoms with Gasteiger partial charge < -0.3 is 0 Å². The Balaban J connectivity index is 2.70. The molecule has 0 fully saturated rings. The largest absolute Gasteiger partial charge is 0.272 e. The van der Waals surface area contributed by atoms with Crippen molar-refractivity contribution in [3.63, 3.8) is 0 Å². The summed E-state index contributed by atoms with van der Waals surface area (Å²) in [6.45, 7) is 0. The number of hydrogen-bond donors (Lipinski definition) is 0. The molecule has 0 amide bonds. The molecule has 0 unspecified atom stereocenters. The second kappa shape index (κ2) is 3.87. The van der Waals surface area contributed by atoms with Gasteiger partial charge in [0.15, 0.2) is 0 Å². The fourth-order valence-electron chi connectivity index (χ4n) is 1.19. The first-order valence-corrected chi connectivity index (χ1v) is 6.15. The van der Waals surface area contributed by atoms with E-state index in [4.69, 9.17) is 0 Å². The number of alkyl halides is 2. The molecular weight excluding hydrogens is 338 g/mol. The predicted molar refractivity (Wildman–Crippen MR) is 62.2 cm³/mol. The van der Waals surface area contributed by atoms with E-state index >= 15 is 0 Å². The van der Waals surface area contributed by atoms with Gasteiger partial charge in [-0.05, 0) is 18.2 Å². The summed E-state index contributed by atoms with van der Waals surface area (Å²) in [6, 6.07) is 5.22. The van der Waals surface area contributed by atoms with Crippen molar-refractivity contribution in [3.8, 4) is 0 Å². The van der Waals surface area contributed by atoms with Gasteiger partial charge in [0.1, 0.15) is 0 Å². The molecule has 0 spiro atoms. The fourth-order valence-corrected chi connectivity index (χ4v) is 3.80. The van der Waals surface area contributed by atoms with Crippen LogP contribution in [0.2, 0.25) is 0 Å². The molecule has 14 heavy (non-hydrogen) atoms. The first kappa shape index (κ1) is 10.5. The van der Waals surface area contributed by atoms with Crippen LogP contribution in [0.1, 0.15) is 11.3 Å². The van der Waals surface area contributed by atoms with Crippen molar-refractivity contribution >= 4 is 53.3 Å². The average Bonchev–Trinajstić information content (AvgIpc) is 2.47. The van der Waals surface area contributed by atoms with Gasteiger partial charge in [0.05, 0.1) is 4.88 Å². The highest BCUT2D eigenvalue weighted by Gasteiger charge is 2.13. The van der Waals surface area contributed by atoms with Crippen LogP contribution < -0.4 is 0 Å². The Morgan fingerprint density at radius 3 is 2.50 bits per heavy atom. The smallest absolute Gasteiger partial charge is 0.204 e. The van der Waals surface area contributed by atoms with Crippen molar-refractivity contribution in [2.24, 2.45) is 0 Å². The van der Waals surface area contributed by atoms with E-state index in [2.05, 4.69) is 31.9 Å². The number of benzene rings is 1. The maximum absolute atomic E-state index is 12.4. The number of fused-ring (bicyclic) bond motifs is 1. The first-order chi connectivity index (χ1) is 6.58. The van der Waals surface area contributed by atoms with Gasteiger partial charge >= 0.3 is 0 Å². The van der Waals surface area contributed by atoms with Gasteiger partial charge in [-0.25, -0.2) is 8.78 Å². The van der Waals surface area contributed by atoms with E-state index in [0.717, 1.165) is 30.4 Å². The van der Waals surface area contributed by atoms with Gasteiger partial charge in [0, 0.05) is 19.0 Å². The van der Waals surface area contributed by atoms with Crippen molar-refractivity contribution < 1.29 is 8.78 Å².